The summed E-state index contributed by atoms with van der Waals surface area (Å²) < 4.78 is 0. The summed E-state index contributed by atoms with van der Waals surface area (Å²) >= 11 is 0. The Kier molecular flexibility index (Phi) is 15.2. The fourth-order valence-electron chi connectivity index (χ4n) is 0.294. The fraction of sp³-hybridized carbons (Fsp3) is 0.400. The third kappa shape index (κ3) is 17.8. The number of aliphatic hydroxyl groups is 1. The molecule has 9 heavy (non-hydrogen) atoms. The number of rotatable bonds is 1. The Morgan fingerprint density at radius 3 is 1.89 bits per heavy atom. The van der Waals surface area contributed by atoms with Gasteiger partial charge in [-0.05, 0) is 13.8 Å². The number of hydrogen-bond acceptors (Lipinski definition) is 2. The quantitative estimate of drug-likeness (QED) is 0.334. The van der Waals surface area contributed by atoms with Crippen LogP contribution in [-0.4, -0.2) is 54.1 Å². The molecule has 0 unspecified atom stereocenters. The van der Waals surface area contributed by atoms with Crippen LogP contribution in [0.15, 0.2) is 11.8 Å². The van der Waals surface area contributed by atoms with Crippen molar-refractivity contribution in [1.82, 2.24) is 0 Å². The van der Waals surface area contributed by atoms with Crippen LogP contribution >= 0.6 is 0 Å². The van der Waals surface area contributed by atoms with Crippen molar-refractivity contribution in [3.8, 4) is 0 Å². The molecule has 0 heterocycles. The maximum atomic E-state index is 10.0. The molecule has 0 saturated carbocycles. The number of aliphatic hydroxyl groups excluding tert-OH is 1. The van der Waals surface area contributed by atoms with Gasteiger partial charge in [0.1, 0.15) is 0 Å². The van der Waals surface area contributed by atoms with Gasteiger partial charge < -0.3 is 13.4 Å². The molecule has 0 aromatic rings. The maximum Gasteiger partial charge on any atom is 2.00 e. The molecular formula is C5H12CaO3. The Morgan fingerprint density at radius 1 is 1.56 bits per heavy atom. The van der Waals surface area contributed by atoms with Gasteiger partial charge in [0.2, 0.25) is 0 Å². The first kappa shape index (κ1) is 16.2. The molecule has 52 valence electrons. The van der Waals surface area contributed by atoms with Gasteiger partial charge in [-0.1, -0.05) is 0 Å². The molecule has 0 aromatic heterocycles. The SMILES string of the molecule is CC(=O)/C=C(/C)O.O.[Ca+2].[H-].[H-]. The zero-order valence-electron chi connectivity index (χ0n) is 7.64. The molecule has 0 aliphatic rings. The molecule has 0 amide bonds. The number of allylic oxidation sites excluding steroid dienone is 2. The summed E-state index contributed by atoms with van der Waals surface area (Å²) in [5.41, 5.74) is 0. The molecule has 0 spiro atoms. The van der Waals surface area contributed by atoms with Crippen LogP contribution in [0.4, 0.5) is 0 Å². The molecule has 0 atom stereocenters. The Labute approximate surface area is 87.0 Å². The van der Waals surface area contributed by atoms with Crippen molar-refractivity contribution in [2.45, 2.75) is 13.8 Å². The molecule has 3 nitrogen and oxygen atoms in total. The molecule has 0 radical (unpaired) electrons. The van der Waals surface area contributed by atoms with Gasteiger partial charge in [-0.15, -0.1) is 0 Å². The van der Waals surface area contributed by atoms with Gasteiger partial charge in [0.05, 0.1) is 5.76 Å². The second-order valence-corrected chi connectivity index (χ2v) is 1.40. The Balaban J connectivity index is -0.0000000300. The minimum atomic E-state index is -0.125. The van der Waals surface area contributed by atoms with Crippen LogP contribution in [0.3, 0.4) is 0 Å². The van der Waals surface area contributed by atoms with Crippen molar-refractivity contribution in [3.63, 3.8) is 0 Å². The van der Waals surface area contributed by atoms with Crippen molar-refractivity contribution in [1.29, 1.82) is 0 Å². The van der Waals surface area contributed by atoms with E-state index in [0.717, 1.165) is 0 Å². The number of hydrogen-bond donors (Lipinski definition) is 1. The van der Waals surface area contributed by atoms with E-state index in [1.165, 1.54) is 19.9 Å². The van der Waals surface area contributed by atoms with E-state index in [4.69, 9.17) is 5.11 Å². The molecule has 0 bridgehead atoms. The zero-order chi connectivity index (χ0) is 5.86. The van der Waals surface area contributed by atoms with Gasteiger partial charge in [0.25, 0.3) is 0 Å². The summed E-state index contributed by atoms with van der Waals surface area (Å²) in [6.45, 7) is 2.85. The molecule has 0 aromatic carbocycles. The summed E-state index contributed by atoms with van der Waals surface area (Å²) in [5.74, 6) is -0.0625. The summed E-state index contributed by atoms with van der Waals surface area (Å²) in [5, 5.41) is 8.36. The van der Waals surface area contributed by atoms with Crippen molar-refractivity contribution >= 4 is 43.5 Å². The predicted octanol–water partition coefficient (Wildman–Crippen LogP) is 0.0567. The largest absolute Gasteiger partial charge is 2.00 e. The summed E-state index contributed by atoms with van der Waals surface area (Å²) in [6.07, 6.45) is 1.17. The molecule has 0 fully saturated rings. The van der Waals surface area contributed by atoms with E-state index in [2.05, 4.69) is 0 Å². The molecular weight excluding hydrogens is 148 g/mol. The average molecular weight is 160 g/mol. The fourth-order valence-corrected chi connectivity index (χ4v) is 0.294. The van der Waals surface area contributed by atoms with E-state index >= 15 is 0 Å². The van der Waals surface area contributed by atoms with E-state index < -0.39 is 0 Å². The van der Waals surface area contributed by atoms with Crippen LogP contribution in [-0.2, 0) is 4.79 Å². The Bertz CT molecular complexity index is 112. The van der Waals surface area contributed by atoms with E-state index in [1.807, 2.05) is 0 Å². The molecule has 0 aliphatic carbocycles. The van der Waals surface area contributed by atoms with Crippen LogP contribution in [0.1, 0.15) is 16.7 Å². The summed E-state index contributed by atoms with van der Waals surface area (Å²) in [4.78, 5) is 10.0. The van der Waals surface area contributed by atoms with Crippen LogP contribution in [0.5, 0.6) is 0 Å². The third-order valence-electron chi connectivity index (χ3n) is 0.412. The smallest absolute Gasteiger partial charge is 1.00 e. The topological polar surface area (TPSA) is 68.8 Å². The second-order valence-electron chi connectivity index (χ2n) is 1.40. The first-order valence-corrected chi connectivity index (χ1v) is 2.01. The van der Waals surface area contributed by atoms with Crippen LogP contribution in [0, 0.1) is 0 Å². The molecule has 4 heteroatoms. The number of carbonyl (C=O) groups excluding carboxylic acids is 1. The normalized spacial score (nSPS) is 8.89. The van der Waals surface area contributed by atoms with Gasteiger partial charge >= 0.3 is 37.7 Å². The molecule has 0 aliphatic heterocycles. The van der Waals surface area contributed by atoms with E-state index in [-0.39, 0.29) is 57.6 Å². The van der Waals surface area contributed by atoms with E-state index in [0.29, 0.717) is 0 Å². The van der Waals surface area contributed by atoms with Crippen molar-refractivity contribution in [3.05, 3.63) is 11.8 Å². The minimum absolute atomic E-state index is 0. The predicted molar refractivity (Wildman–Crippen MR) is 38.7 cm³/mol. The van der Waals surface area contributed by atoms with Crippen LogP contribution in [0.2, 0.25) is 0 Å². The van der Waals surface area contributed by atoms with Crippen molar-refractivity contribution in [2.75, 3.05) is 0 Å². The zero-order valence-corrected chi connectivity index (χ0v) is 7.85. The van der Waals surface area contributed by atoms with Gasteiger partial charge in [0, 0.05) is 6.08 Å². The summed E-state index contributed by atoms with van der Waals surface area (Å²) in [6, 6.07) is 0. The van der Waals surface area contributed by atoms with Gasteiger partial charge in [-0.3, -0.25) is 4.79 Å². The molecule has 0 rings (SSSR count). The third-order valence-corrected chi connectivity index (χ3v) is 0.412. The Morgan fingerprint density at radius 2 is 1.89 bits per heavy atom. The van der Waals surface area contributed by atoms with E-state index in [1.54, 1.807) is 0 Å². The Hall–Kier alpha value is 0.430. The molecule has 3 N–H and O–H groups in total. The standard InChI is InChI=1S/C5H8O2.Ca.H2O.2H/c1-4(6)3-5(2)7;;;;/h3,6H,1-2H3;;1H2;;/q;+2;;2*-1/b4-3-;;;;. The molecule has 0 saturated heterocycles. The minimum Gasteiger partial charge on any atom is -1.00 e. The first-order valence-electron chi connectivity index (χ1n) is 2.01. The van der Waals surface area contributed by atoms with E-state index in [9.17, 15) is 4.79 Å². The number of carbonyl (C=O) groups is 1. The van der Waals surface area contributed by atoms with Gasteiger partial charge in [-0.25, -0.2) is 0 Å². The van der Waals surface area contributed by atoms with Gasteiger partial charge in [-0.2, -0.15) is 0 Å². The second kappa shape index (κ2) is 8.43. The maximum absolute atomic E-state index is 10.0. The monoisotopic (exact) mass is 160 g/mol. The first-order chi connectivity index (χ1) is 3.13. The van der Waals surface area contributed by atoms with Crippen LogP contribution in [0.25, 0.3) is 0 Å². The van der Waals surface area contributed by atoms with Crippen molar-refractivity contribution in [2.24, 2.45) is 0 Å². The number of ketones is 1. The summed E-state index contributed by atoms with van der Waals surface area (Å²) in [7, 11) is 0. The average Bonchev–Trinajstić information content (AvgIpc) is 1.27. The van der Waals surface area contributed by atoms with Gasteiger partial charge in [0.15, 0.2) is 5.78 Å². The van der Waals surface area contributed by atoms with Crippen molar-refractivity contribution < 1.29 is 18.2 Å². The van der Waals surface area contributed by atoms with Crippen LogP contribution < -0.4 is 0 Å².